The molecule has 5 nitrogen and oxygen atoms in total. The van der Waals surface area contributed by atoms with E-state index < -0.39 is 0 Å². The van der Waals surface area contributed by atoms with Crippen LogP contribution in [0.4, 0.5) is 0 Å². The molecule has 6 heteroatoms. The monoisotopic (exact) mass is 428 g/mol. The van der Waals surface area contributed by atoms with Crippen LogP contribution in [0.3, 0.4) is 0 Å². The first kappa shape index (κ1) is 22.2. The molecule has 2 amide bonds. The second-order valence-electron chi connectivity index (χ2n) is 8.18. The minimum atomic E-state index is -0.298. The van der Waals surface area contributed by atoms with Gasteiger partial charge in [0.2, 0.25) is 5.91 Å². The van der Waals surface area contributed by atoms with Gasteiger partial charge in [0, 0.05) is 36.1 Å². The number of nitrogens with zero attached hydrogens (tertiary/aromatic N) is 1. The van der Waals surface area contributed by atoms with Gasteiger partial charge < -0.3 is 15.0 Å². The molecule has 2 aromatic rings. The molecule has 0 saturated carbocycles. The Hall–Kier alpha value is -2.53. The Balaban J connectivity index is 1.81. The summed E-state index contributed by atoms with van der Waals surface area (Å²) in [7, 11) is 1.63. The van der Waals surface area contributed by atoms with Gasteiger partial charge in [0.1, 0.15) is 5.75 Å². The molecule has 1 N–H and O–H groups in total. The van der Waals surface area contributed by atoms with Gasteiger partial charge in [0.15, 0.2) is 0 Å². The van der Waals surface area contributed by atoms with E-state index in [1.165, 1.54) is 0 Å². The highest BCUT2D eigenvalue weighted by atomic mass is 35.5. The fourth-order valence-electron chi connectivity index (χ4n) is 3.84. The zero-order chi connectivity index (χ0) is 21.7. The topological polar surface area (TPSA) is 58.6 Å². The molecule has 1 saturated heterocycles. The molecule has 1 heterocycles. The summed E-state index contributed by atoms with van der Waals surface area (Å²) in [6.45, 7) is 5.78. The van der Waals surface area contributed by atoms with Crippen LogP contribution in [0.1, 0.15) is 42.1 Å². The third kappa shape index (κ3) is 5.33. The van der Waals surface area contributed by atoms with E-state index in [2.05, 4.69) is 19.2 Å². The number of hydrogen-bond acceptors (Lipinski definition) is 3. The minimum absolute atomic E-state index is 0.00198. The average Bonchev–Trinajstić information content (AvgIpc) is 3.18. The Morgan fingerprint density at radius 2 is 1.90 bits per heavy atom. The smallest absolute Gasteiger partial charge is 0.253 e. The lowest BCUT2D eigenvalue weighted by atomic mass is 9.88. The first-order valence-corrected chi connectivity index (χ1v) is 10.7. The van der Waals surface area contributed by atoms with Crippen LogP contribution < -0.4 is 10.1 Å². The molecule has 1 fully saturated rings. The predicted molar refractivity (Wildman–Crippen MR) is 119 cm³/mol. The highest BCUT2D eigenvalue weighted by Gasteiger charge is 2.40. The number of methoxy groups -OCH3 is 1. The molecule has 0 aromatic heterocycles. The lowest BCUT2D eigenvalue weighted by Gasteiger charge is -2.18. The largest absolute Gasteiger partial charge is 0.497 e. The Bertz CT molecular complexity index is 882. The maximum Gasteiger partial charge on any atom is 0.253 e. The summed E-state index contributed by atoms with van der Waals surface area (Å²) in [5, 5.41) is 3.59. The number of ether oxygens (including phenoxy) is 1. The maximum absolute atomic E-state index is 13.1. The number of nitrogens with one attached hydrogen (secondary N) is 1. The van der Waals surface area contributed by atoms with Crippen LogP contribution in [0.5, 0.6) is 5.75 Å². The third-order valence-electron chi connectivity index (χ3n) is 5.58. The second kappa shape index (κ2) is 9.98. The standard InChI is InChI=1S/C24H29ClN2O3/c1-16(2)11-12-26-23(28)22-15-27(24(29)18-5-4-6-19(25)13-18)14-21(22)17-7-9-20(30-3)10-8-17/h4-10,13,16,21-22H,11-12,14-15H2,1-3H3,(H,26,28)/t21-,22-/m0/s1. The summed E-state index contributed by atoms with van der Waals surface area (Å²) in [5.74, 6) is 0.812. The Morgan fingerprint density at radius 1 is 1.17 bits per heavy atom. The Morgan fingerprint density at radius 3 is 2.53 bits per heavy atom. The van der Waals surface area contributed by atoms with E-state index in [1.807, 2.05) is 24.3 Å². The van der Waals surface area contributed by atoms with Gasteiger partial charge in [-0.05, 0) is 48.2 Å². The van der Waals surface area contributed by atoms with Crippen molar-refractivity contribution in [3.8, 4) is 5.75 Å². The van der Waals surface area contributed by atoms with E-state index in [0.29, 0.717) is 36.1 Å². The van der Waals surface area contributed by atoms with Gasteiger partial charge in [-0.2, -0.15) is 0 Å². The van der Waals surface area contributed by atoms with Crippen molar-refractivity contribution in [2.45, 2.75) is 26.2 Å². The zero-order valence-electron chi connectivity index (χ0n) is 17.7. The molecule has 30 heavy (non-hydrogen) atoms. The number of benzene rings is 2. The van der Waals surface area contributed by atoms with Crippen molar-refractivity contribution in [1.82, 2.24) is 10.2 Å². The highest BCUT2D eigenvalue weighted by molar-refractivity contribution is 6.30. The van der Waals surface area contributed by atoms with Crippen LogP contribution in [-0.2, 0) is 4.79 Å². The second-order valence-corrected chi connectivity index (χ2v) is 8.62. The molecule has 1 aliphatic heterocycles. The molecule has 3 rings (SSSR count). The van der Waals surface area contributed by atoms with Crippen molar-refractivity contribution < 1.29 is 14.3 Å². The van der Waals surface area contributed by atoms with Gasteiger partial charge in [-0.15, -0.1) is 0 Å². The molecular weight excluding hydrogens is 400 g/mol. The molecule has 0 radical (unpaired) electrons. The summed E-state index contributed by atoms with van der Waals surface area (Å²) >= 11 is 6.06. The van der Waals surface area contributed by atoms with Crippen LogP contribution in [0.25, 0.3) is 0 Å². The SMILES string of the molecule is COc1ccc([C@@H]2CN(C(=O)c3cccc(Cl)c3)C[C@@H]2C(=O)NCCC(C)C)cc1. The lowest BCUT2D eigenvalue weighted by molar-refractivity contribution is -0.124. The number of carbonyl (C=O) groups is 2. The van der Waals surface area contributed by atoms with Crippen molar-refractivity contribution in [1.29, 1.82) is 0 Å². The average molecular weight is 429 g/mol. The summed E-state index contributed by atoms with van der Waals surface area (Å²) in [6, 6.07) is 14.7. The van der Waals surface area contributed by atoms with Gasteiger partial charge in [0.05, 0.1) is 13.0 Å². The number of likely N-dealkylation sites (tertiary alicyclic amines) is 1. The van der Waals surface area contributed by atoms with Crippen LogP contribution in [0, 0.1) is 11.8 Å². The molecule has 0 spiro atoms. The van der Waals surface area contributed by atoms with E-state index in [4.69, 9.17) is 16.3 Å². The van der Waals surface area contributed by atoms with Gasteiger partial charge >= 0.3 is 0 Å². The van der Waals surface area contributed by atoms with Gasteiger partial charge in [-0.1, -0.05) is 43.6 Å². The predicted octanol–water partition coefficient (Wildman–Crippen LogP) is 4.37. The van der Waals surface area contributed by atoms with E-state index >= 15 is 0 Å². The molecule has 0 bridgehead atoms. The van der Waals surface area contributed by atoms with E-state index in [0.717, 1.165) is 17.7 Å². The number of amides is 2. The van der Waals surface area contributed by atoms with E-state index in [1.54, 1.807) is 36.3 Å². The zero-order valence-corrected chi connectivity index (χ0v) is 18.5. The van der Waals surface area contributed by atoms with Crippen LogP contribution >= 0.6 is 11.6 Å². The first-order chi connectivity index (χ1) is 14.4. The number of hydrogen-bond donors (Lipinski definition) is 1. The number of rotatable bonds is 7. The summed E-state index contributed by atoms with van der Waals surface area (Å²) < 4.78 is 5.25. The van der Waals surface area contributed by atoms with E-state index in [9.17, 15) is 9.59 Å². The van der Waals surface area contributed by atoms with Gasteiger partial charge in [0.25, 0.3) is 5.91 Å². The summed E-state index contributed by atoms with van der Waals surface area (Å²) in [6.07, 6.45) is 0.927. The van der Waals surface area contributed by atoms with Crippen molar-refractivity contribution in [2.75, 3.05) is 26.7 Å². The van der Waals surface area contributed by atoms with Crippen molar-refractivity contribution in [2.24, 2.45) is 11.8 Å². The molecule has 2 atom stereocenters. The Kier molecular flexibility index (Phi) is 7.38. The third-order valence-corrected chi connectivity index (χ3v) is 5.82. The number of carbonyl (C=O) groups excluding carboxylic acids is 2. The Labute approximate surface area is 183 Å². The lowest BCUT2D eigenvalue weighted by Crippen LogP contribution is -2.36. The van der Waals surface area contributed by atoms with Crippen molar-refractivity contribution in [3.63, 3.8) is 0 Å². The first-order valence-electron chi connectivity index (χ1n) is 10.4. The quantitative estimate of drug-likeness (QED) is 0.712. The van der Waals surface area contributed by atoms with Gasteiger partial charge in [-0.25, -0.2) is 0 Å². The fourth-order valence-corrected chi connectivity index (χ4v) is 4.03. The molecule has 160 valence electrons. The van der Waals surface area contributed by atoms with Gasteiger partial charge in [-0.3, -0.25) is 9.59 Å². The maximum atomic E-state index is 13.1. The van der Waals surface area contributed by atoms with Crippen LogP contribution in [0.2, 0.25) is 5.02 Å². The minimum Gasteiger partial charge on any atom is -0.497 e. The van der Waals surface area contributed by atoms with Crippen LogP contribution in [-0.4, -0.2) is 43.5 Å². The molecule has 0 unspecified atom stereocenters. The molecular formula is C24H29ClN2O3. The highest BCUT2D eigenvalue weighted by Crippen LogP contribution is 2.34. The molecule has 2 aromatic carbocycles. The summed E-state index contributed by atoms with van der Waals surface area (Å²) in [5.41, 5.74) is 1.57. The van der Waals surface area contributed by atoms with Crippen molar-refractivity contribution in [3.05, 3.63) is 64.7 Å². The molecule has 0 aliphatic carbocycles. The molecule has 1 aliphatic rings. The van der Waals surface area contributed by atoms with E-state index in [-0.39, 0.29) is 23.7 Å². The van der Waals surface area contributed by atoms with Crippen LogP contribution in [0.15, 0.2) is 48.5 Å². The summed E-state index contributed by atoms with van der Waals surface area (Å²) in [4.78, 5) is 27.8. The fraction of sp³-hybridized carbons (Fsp3) is 0.417. The number of halogens is 1. The van der Waals surface area contributed by atoms with Crippen molar-refractivity contribution >= 4 is 23.4 Å². The normalized spacial score (nSPS) is 18.5.